The van der Waals surface area contributed by atoms with E-state index >= 15 is 0 Å². The Bertz CT molecular complexity index is 631. The van der Waals surface area contributed by atoms with Crippen LogP contribution >= 0.6 is 0 Å². The van der Waals surface area contributed by atoms with E-state index in [0.29, 0.717) is 11.3 Å². The van der Waals surface area contributed by atoms with Gasteiger partial charge in [0, 0.05) is 24.7 Å². The van der Waals surface area contributed by atoms with Crippen LogP contribution in [-0.2, 0) is 13.7 Å². The fourth-order valence-corrected chi connectivity index (χ4v) is 1.67. The molecule has 1 heterocycles. The molecule has 0 unspecified atom stereocenters. The second-order valence-electron chi connectivity index (χ2n) is 3.92. The highest BCUT2D eigenvalue weighted by Gasteiger charge is 2.17. The number of nitro groups is 1. The summed E-state index contributed by atoms with van der Waals surface area (Å²) in [5, 5.41) is 19.6. The summed E-state index contributed by atoms with van der Waals surface area (Å²) in [4.78, 5) is 26.1. The van der Waals surface area contributed by atoms with Crippen molar-refractivity contribution in [2.75, 3.05) is 0 Å². The summed E-state index contributed by atoms with van der Waals surface area (Å²) in [5.41, 5.74) is 0.751. The van der Waals surface area contributed by atoms with Crippen molar-refractivity contribution < 1.29 is 14.8 Å². The Morgan fingerprint density at radius 1 is 1.42 bits per heavy atom. The van der Waals surface area contributed by atoms with Gasteiger partial charge in [0.1, 0.15) is 0 Å². The van der Waals surface area contributed by atoms with Gasteiger partial charge in [-0.2, -0.15) is 0 Å². The molecule has 0 saturated carbocycles. The first-order chi connectivity index (χ1) is 9.04. The summed E-state index contributed by atoms with van der Waals surface area (Å²) in [6.45, 7) is -0.211. The molecule has 1 aromatic carbocycles. The van der Waals surface area contributed by atoms with Gasteiger partial charge in [-0.25, -0.2) is 4.98 Å². The van der Waals surface area contributed by atoms with Crippen LogP contribution in [0.4, 0.5) is 5.69 Å². The number of hydrogen-bond acceptors (Lipinski definition) is 5. The predicted molar refractivity (Wildman–Crippen MR) is 65.7 cm³/mol. The molecule has 0 aliphatic heterocycles. The van der Waals surface area contributed by atoms with Crippen LogP contribution in [0.2, 0.25) is 0 Å². The molecule has 7 nitrogen and oxygen atoms in total. The molecule has 0 spiro atoms. The van der Waals surface area contributed by atoms with Gasteiger partial charge >= 0.3 is 0 Å². The lowest BCUT2D eigenvalue weighted by molar-refractivity contribution is -0.384. The summed E-state index contributed by atoms with van der Waals surface area (Å²) in [7, 11) is 1.62. The Morgan fingerprint density at radius 2 is 2.05 bits per heavy atom. The molecule has 1 aromatic heterocycles. The molecule has 0 aliphatic rings. The molecular formula is C12H11N3O4. The minimum absolute atomic E-state index is 0.0764. The third kappa shape index (κ3) is 2.36. The fourth-order valence-electron chi connectivity index (χ4n) is 1.67. The van der Waals surface area contributed by atoms with E-state index in [1.54, 1.807) is 7.05 Å². The second kappa shape index (κ2) is 4.99. The molecule has 2 rings (SSSR count). The van der Waals surface area contributed by atoms with Gasteiger partial charge < -0.3 is 9.67 Å². The summed E-state index contributed by atoms with van der Waals surface area (Å²) in [6, 6.07) is 5.30. The zero-order valence-corrected chi connectivity index (χ0v) is 10.1. The molecule has 0 saturated heterocycles. The van der Waals surface area contributed by atoms with Gasteiger partial charge in [-0.05, 0) is 12.1 Å². The molecule has 2 aromatic rings. The summed E-state index contributed by atoms with van der Waals surface area (Å²) in [6.07, 6.45) is 1.42. The van der Waals surface area contributed by atoms with Crippen molar-refractivity contribution in [3.05, 3.63) is 57.7 Å². The van der Waals surface area contributed by atoms with E-state index in [1.165, 1.54) is 35.0 Å². The van der Waals surface area contributed by atoms with Crippen molar-refractivity contribution in [1.29, 1.82) is 0 Å². The number of aliphatic hydroxyl groups excluding tert-OH is 1. The topological polar surface area (TPSA) is 98.3 Å². The predicted octanol–water partition coefficient (Wildman–Crippen LogP) is 1.05. The summed E-state index contributed by atoms with van der Waals surface area (Å²) < 4.78 is 1.49. The number of imidazole rings is 1. The van der Waals surface area contributed by atoms with E-state index in [-0.39, 0.29) is 23.9 Å². The Morgan fingerprint density at radius 3 is 2.53 bits per heavy atom. The molecule has 0 atom stereocenters. The molecule has 1 N–H and O–H groups in total. The van der Waals surface area contributed by atoms with Crippen LogP contribution in [0.25, 0.3) is 0 Å². The number of nitrogens with zero attached hydrogens (tertiary/aromatic N) is 3. The molecule has 7 heteroatoms. The van der Waals surface area contributed by atoms with Crippen molar-refractivity contribution >= 4 is 11.5 Å². The smallest absolute Gasteiger partial charge is 0.269 e. The first kappa shape index (κ1) is 12.9. The van der Waals surface area contributed by atoms with Crippen molar-refractivity contribution in [1.82, 2.24) is 9.55 Å². The number of ketones is 1. The van der Waals surface area contributed by atoms with Gasteiger partial charge in [0.15, 0.2) is 5.82 Å². The Labute approximate surface area is 108 Å². The number of rotatable bonds is 4. The average molecular weight is 261 g/mol. The monoisotopic (exact) mass is 261 g/mol. The highest BCUT2D eigenvalue weighted by Crippen LogP contribution is 2.15. The molecule has 0 fully saturated rings. The lowest BCUT2D eigenvalue weighted by Crippen LogP contribution is -2.10. The summed E-state index contributed by atoms with van der Waals surface area (Å²) >= 11 is 0. The minimum Gasteiger partial charge on any atom is -0.390 e. The van der Waals surface area contributed by atoms with Crippen LogP contribution in [0, 0.1) is 10.1 Å². The van der Waals surface area contributed by atoms with Crippen LogP contribution in [0.1, 0.15) is 21.9 Å². The zero-order valence-electron chi connectivity index (χ0n) is 10.1. The zero-order chi connectivity index (χ0) is 14.0. The van der Waals surface area contributed by atoms with Gasteiger partial charge in [-0.3, -0.25) is 14.9 Å². The van der Waals surface area contributed by atoms with Crippen LogP contribution in [0.5, 0.6) is 0 Å². The van der Waals surface area contributed by atoms with Gasteiger partial charge in [0.25, 0.3) is 5.69 Å². The highest BCUT2D eigenvalue weighted by atomic mass is 16.6. The number of non-ortho nitro benzene ring substituents is 1. The molecular weight excluding hydrogens is 250 g/mol. The van der Waals surface area contributed by atoms with Gasteiger partial charge in [-0.15, -0.1) is 0 Å². The number of aliphatic hydroxyl groups is 1. The van der Waals surface area contributed by atoms with E-state index in [4.69, 9.17) is 5.11 Å². The molecule has 0 radical (unpaired) electrons. The standard InChI is InChI=1S/C12H11N3O4/c1-14-10(7-16)6-13-12(14)11(17)8-2-4-9(5-3-8)15(18)19/h2-6,16H,7H2,1H3. The largest absolute Gasteiger partial charge is 0.390 e. The van der Waals surface area contributed by atoms with E-state index in [2.05, 4.69) is 4.98 Å². The van der Waals surface area contributed by atoms with Crippen LogP contribution in [0.3, 0.4) is 0 Å². The van der Waals surface area contributed by atoms with Crippen molar-refractivity contribution in [2.45, 2.75) is 6.61 Å². The number of carbonyl (C=O) groups excluding carboxylic acids is 1. The first-order valence-corrected chi connectivity index (χ1v) is 5.45. The average Bonchev–Trinajstić information content (AvgIpc) is 2.79. The number of carbonyl (C=O) groups is 1. The third-order valence-electron chi connectivity index (χ3n) is 2.79. The molecule has 0 amide bonds. The Kier molecular flexibility index (Phi) is 3.39. The highest BCUT2D eigenvalue weighted by molar-refractivity contribution is 6.06. The maximum absolute atomic E-state index is 12.1. The minimum atomic E-state index is -0.529. The first-order valence-electron chi connectivity index (χ1n) is 5.45. The molecule has 98 valence electrons. The number of aromatic nitrogens is 2. The van der Waals surface area contributed by atoms with Crippen LogP contribution < -0.4 is 0 Å². The normalized spacial score (nSPS) is 10.4. The van der Waals surface area contributed by atoms with E-state index < -0.39 is 4.92 Å². The van der Waals surface area contributed by atoms with Gasteiger partial charge in [0.2, 0.25) is 5.78 Å². The number of nitro benzene ring substituents is 1. The molecule has 0 aliphatic carbocycles. The number of hydrogen-bond donors (Lipinski definition) is 1. The van der Waals surface area contributed by atoms with Gasteiger partial charge in [0.05, 0.1) is 23.4 Å². The van der Waals surface area contributed by atoms with Gasteiger partial charge in [-0.1, -0.05) is 0 Å². The Balaban J connectivity index is 2.33. The summed E-state index contributed by atoms with van der Waals surface area (Å²) in [5.74, 6) is -0.171. The molecule has 0 bridgehead atoms. The van der Waals surface area contributed by atoms with Crippen molar-refractivity contribution in [3.63, 3.8) is 0 Å². The Hall–Kier alpha value is -2.54. The quantitative estimate of drug-likeness (QED) is 0.504. The van der Waals surface area contributed by atoms with Crippen LogP contribution in [-0.4, -0.2) is 25.4 Å². The fraction of sp³-hybridized carbons (Fsp3) is 0.167. The van der Waals surface area contributed by atoms with E-state index in [1.807, 2.05) is 0 Å². The number of benzene rings is 1. The third-order valence-corrected chi connectivity index (χ3v) is 2.79. The maximum Gasteiger partial charge on any atom is 0.269 e. The second-order valence-corrected chi connectivity index (χ2v) is 3.92. The van der Waals surface area contributed by atoms with E-state index in [0.717, 1.165) is 0 Å². The lowest BCUT2D eigenvalue weighted by atomic mass is 10.1. The molecule has 19 heavy (non-hydrogen) atoms. The van der Waals surface area contributed by atoms with Crippen LogP contribution in [0.15, 0.2) is 30.5 Å². The van der Waals surface area contributed by atoms with Crippen molar-refractivity contribution in [2.24, 2.45) is 7.05 Å². The lowest BCUT2D eigenvalue weighted by Gasteiger charge is -2.03. The maximum atomic E-state index is 12.1. The SMILES string of the molecule is Cn1c(CO)cnc1C(=O)c1ccc([N+](=O)[O-])cc1. The van der Waals surface area contributed by atoms with Crippen molar-refractivity contribution in [3.8, 4) is 0 Å². The van der Waals surface area contributed by atoms with E-state index in [9.17, 15) is 14.9 Å².